The fourth-order valence-corrected chi connectivity index (χ4v) is 1.94. The molecule has 100 valence electrons. The first-order chi connectivity index (χ1) is 9.06. The minimum Gasteiger partial charge on any atom is -0.454 e. The van der Waals surface area contributed by atoms with Crippen molar-refractivity contribution in [3.05, 3.63) is 58.5 Å². The van der Waals surface area contributed by atoms with Gasteiger partial charge < -0.3 is 9.73 Å². The average Bonchev–Trinajstić information content (AvgIpc) is 2.86. The molecule has 1 aromatic heterocycles. The van der Waals surface area contributed by atoms with E-state index in [0.29, 0.717) is 17.3 Å². The lowest BCUT2D eigenvalue weighted by molar-refractivity contribution is 0.0921. The normalized spacial score (nSPS) is 12.2. The highest BCUT2D eigenvalue weighted by atomic mass is 35.5. The van der Waals surface area contributed by atoms with Crippen molar-refractivity contribution in [1.29, 1.82) is 0 Å². The molecule has 0 fully saturated rings. The van der Waals surface area contributed by atoms with Gasteiger partial charge in [-0.2, -0.15) is 0 Å². The number of rotatable bonds is 4. The van der Waals surface area contributed by atoms with E-state index in [9.17, 15) is 4.79 Å². The standard InChI is InChI=1S/C14H13Cl2NO2/c1-9(15)12-5-6-13(19-12)14(18)17-8-10-3-2-4-11(16)7-10/h2-7,9H,8H2,1H3,(H,17,18). The number of carbonyl (C=O) groups is 1. The van der Waals surface area contributed by atoms with Gasteiger partial charge in [0.25, 0.3) is 5.91 Å². The number of hydrogen-bond acceptors (Lipinski definition) is 2. The van der Waals surface area contributed by atoms with Crippen LogP contribution in [0.3, 0.4) is 0 Å². The van der Waals surface area contributed by atoms with Crippen LogP contribution in [0.2, 0.25) is 5.02 Å². The van der Waals surface area contributed by atoms with E-state index in [1.807, 2.05) is 12.1 Å². The van der Waals surface area contributed by atoms with Gasteiger partial charge in [-0.05, 0) is 36.8 Å². The quantitative estimate of drug-likeness (QED) is 0.861. The van der Waals surface area contributed by atoms with Gasteiger partial charge >= 0.3 is 0 Å². The van der Waals surface area contributed by atoms with Gasteiger partial charge in [-0.15, -0.1) is 11.6 Å². The molecule has 2 rings (SSSR count). The van der Waals surface area contributed by atoms with Gasteiger partial charge in [-0.1, -0.05) is 23.7 Å². The zero-order chi connectivity index (χ0) is 13.8. The summed E-state index contributed by atoms with van der Waals surface area (Å²) in [7, 11) is 0. The van der Waals surface area contributed by atoms with Crippen molar-refractivity contribution in [2.75, 3.05) is 0 Å². The summed E-state index contributed by atoms with van der Waals surface area (Å²) in [5, 5.41) is 3.15. The lowest BCUT2D eigenvalue weighted by atomic mass is 10.2. The van der Waals surface area contributed by atoms with Crippen molar-refractivity contribution in [2.45, 2.75) is 18.8 Å². The van der Waals surface area contributed by atoms with E-state index < -0.39 is 0 Å². The molecule has 0 bridgehead atoms. The lowest BCUT2D eigenvalue weighted by Crippen LogP contribution is -2.22. The molecule has 2 aromatic rings. The Morgan fingerprint density at radius 1 is 1.37 bits per heavy atom. The van der Waals surface area contributed by atoms with Gasteiger partial charge in [0.05, 0.1) is 5.38 Å². The Balaban J connectivity index is 1.97. The van der Waals surface area contributed by atoms with Crippen LogP contribution in [0.15, 0.2) is 40.8 Å². The van der Waals surface area contributed by atoms with Gasteiger partial charge in [0.1, 0.15) is 5.76 Å². The molecule has 0 aliphatic carbocycles. The molecule has 0 aliphatic heterocycles. The maximum Gasteiger partial charge on any atom is 0.287 e. The Kier molecular flexibility index (Phi) is 4.51. The van der Waals surface area contributed by atoms with Crippen LogP contribution < -0.4 is 5.32 Å². The zero-order valence-corrected chi connectivity index (χ0v) is 11.8. The van der Waals surface area contributed by atoms with Crippen LogP contribution in [-0.4, -0.2) is 5.91 Å². The first-order valence-electron chi connectivity index (χ1n) is 5.82. The molecule has 0 saturated heterocycles. The maximum atomic E-state index is 11.9. The summed E-state index contributed by atoms with van der Waals surface area (Å²) in [6.07, 6.45) is 0. The van der Waals surface area contributed by atoms with E-state index >= 15 is 0 Å². The molecule has 0 aliphatic rings. The minimum atomic E-state index is -0.274. The van der Waals surface area contributed by atoms with Gasteiger partial charge in [-0.3, -0.25) is 4.79 Å². The fraction of sp³-hybridized carbons (Fsp3) is 0.214. The Morgan fingerprint density at radius 2 is 2.16 bits per heavy atom. The molecule has 0 saturated carbocycles. The first-order valence-corrected chi connectivity index (χ1v) is 6.64. The summed E-state index contributed by atoms with van der Waals surface area (Å²) in [5.41, 5.74) is 0.929. The third-order valence-electron chi connectivity index (χ3n) is 2.58. The van der Waals surface area contributed by atoms with E-state index in [0.717, 1.165) is 5.56 Å². The van der Waals surface area contributed by atoms with Gasteiger partial charge in [0.15, 0.2) is 5.76 Å². The SMILES string of the molecule is CC(Cl)c1ccc(C(=O)NCc2cccc(Cl)c2)o1. The molecule has 3 nitrogen and oxygen atoms in total. The summed E-state index contributed by atoms with van der Waals surface area (Å²) >= 11 is 11.7. The highest BCUT2D eigenvalue weighted by Crippen LogP contribution is 2.21. The average molecular weight is 298 g/mol. The second-order valence-electron chi connectivity index (χ2n) is 4.13. The smallest absolute Gasteiger partial charge is 0.287 e. The molecule has 5 heteroatoms. The number of carbonyl (C=O) groups excluding carboxylic acids is 1. The second-order valence-corrected chi connectivity index (χ2v) is 5.22. The topological polar surface area (TPSA) is 42.2 Å². The van der Waals surface area contributed by atoms with Crippen LogP contribution in [0.5, 0.6) is 0 Å². The number of furan rings is 1. The Labute approximate surface area is 121 Å². The minimum absolute atomic E-state index is 0.254. The summed E-state index contributed by atoms with van der Waals surface area (Å²) in [6.45, 7) is 2.18. The van der Waals surface area contributed by atoms with Crippen molar-refractivity contribution in [3.63, 3.8) is 0 Å². The maximum absolute atomic E-state index is 11.9. The zero-order valence-electron chi connectivity index (χ0n) is 10.3. The molecule has 1 unspecified atom stereocenters. The van der Waals surface area contributed by atoms with Crippen molar-refractivity contribution in [1.82, 2.24) is 5.32 Å². The number of hydrogen-bond donors (Lipinski definition) is 1. The lowest BCUT2D eigenvalue weighted by Gasteiger charge is -2.04. The van der Waals surface area contributed by atoms with Crippen LogP contribution in [0, 0.1) is 0 Å². The van der Waals surface area contributed by atoms with Crippen molar-refractivity contribution in [3.8, 4) is 0 Å². The van der Waals surface area contributed by atoms with Gasteiger partial charge in [0.2, 0.25) is 0 Å². The summed E-state index contributed by atoms with van der Waals surface area (Å²) in [4.78, 5) is 11.9. The van der Waals surface area contributed by atoms with Gasteiger partial charge in [0, 0.05) is 11.6 Å². The molecular weight excluding hydrogens is 285 g/mol. The molecule has 1 atom stereocenters. The molecule has 1 N–H and O–H groups in total. The predicted octanol–water partition coefficient (Wildman–Crippen LogP) is 4.16. The van der Waals surface area contributed by atoms with E-state index in [2.05, 4.69) is 5.32 Å². The summed E-state index contributed by atoms with van der Waals surface area (Å²) in [6, 6.07) is 10.6. The van der Waals surface area contributed by atoms with E-state index in [-0.39, 0.29) is 17.0 Å². The van der Waals surface area contributed by atoms with Crippen LogP contribution in [0.1, 0.15) is 34.2 Å². The molecule has 0 spiro atoms. The number of benzene rings is 1. The van der Waals surface area contributed by atoms with Crippen LogP contribution in [0.4, 0.5) is 0 Å². The molecule has 0 radical (unpaired) electrons. The predicted molar refractivity (Wildman–Crippen MR) is 75.6 cm³/mol. The highest BCUT2D eigenvalue weighted by Gasteiger charge is 2.13. The molecule has 1 aromatic carbocycles. The van der Waals surface area contributed by atoms with Crippen LogP contribution >= 0.6 is 23.2 Å². The van der Waals surface area contributed by atoms with Crippen molar-refractivity contribution < 1.29 is 9.21 Å². The largest absolute Gasteiger partial charge is 0.454 e. The second kappa shape index (κ2) is 6.13. The fourth-order valence-electron chi connectivity index (χ4n) is 1.61. The number of alkyl halides is 1. The molecule has 1 heterocycles. The third kappa shape index (κ3) is 3.75. The Hall–Kier alpha value is -1.45. The van der Waals surface area contributed by atoms with Gasteiger partial charge in [-0.25, -0.2) is 0 Å². The summed E-state index contributed by atoms with van der Waals surface area (Å²) in [5.74, 6) is 0.558. The third-order valence-corrected chi connectivity index (χ3v) is 3.03. The van der Waals surface area contributed by atoms with Crippen molar-refractivity contribution >= 4 is 29.1 Å². The first kappa shape index (κ1) is 14.0. The number of halogens is 2. The van der Waals surface area contributed by atoms with E-state index in [1.54, 1.807) is 31.2 Å². The molecule has 1 amide bonds. The summed E-state index contributed by atoms with van der Waals surface area (Å²) < 4.78 is 5.35. The van der Waals surface area contributed by atoms with Crippen LogP contribution in [-0.2, 0) is 6.54 Å². The Bertz CT molecular complexity index is 578. The highest BCUT2D eigenvalue weighted by molar-refractivity contribution is 6.30. The van der Waals surface area contributed by atoms with Crippen molar-refractivity contribution in [2.24, 2.45) is 0 Å². The van der Waals surface area contributed by atoms with E-state index in [4.69, 9.17) is 27.6 Å². The molecule has 19 heavy (non-hydrogen) atoms. The number of amides is 1. The number of nitrogens with one attached hydrogen (secondary N) is 1. The molecular formula is C14H13Cl2NO2. The van der Waals surface area contributed by atoms with E-state index in [1.165, 1.54) is 0 Å². The van der Waals surface area contributed by atoms with Crippen LogP contribution in [0.25, 0.3) is 0 Å². The Morgan fingerprint density at radius 3 is 2.79 bits per heavy atom. The monoisotopic (exact) mass is 297 g/mol.